The van der Waals surface area contributed by atoms with E-state index < -0.39 is 12.1 Å². The van der Waals surface area contributed by atoms with Gasteiger partial charge in [0, 0.05) is 19.5 Å². The topological polar surface area (TPSA) is 49.9 Å². The maximum absolute atomic E-state index is 13.1. The smallest absolute Gasteiger partial charge is 0.410 e. The number of nitrogens with zero attached hydrogens (tertiary/aromatic N) is 2. The minimum absolute atomic E-state index is 0.0139. The summed E-state index contributed by atoms with van der Waals surface area (Å²) in [7, 11) is 1.37. The molecule has 2 aliphatic rings. The maximum atomic E-state index is 13.1. The minimum Gasteiger partial charge on any atom is -0.453 e. The first kappa shape index (κ1) is 15.7. The molecule has 2 aromatic rings. The SMILES string of the molecule is COC(=O)N1[C@@H]2CN(Cc3ccccc3)C(=O)[C@@H]1Cc1ccccc12. The van der Waals surface area contributed by atoms with Crippen molar-refractivity contribution in [1.29, 1.82) is 0 Å². The van der Waals surface area contributed by atoms with Crippen molar-refractivity contribution in [3.8, 4) is 0 Å². The molecule has 4 rings (SSSR count). The Bertz CT molecular complexity index is 806. The van der Waals surface area contributed by atoms with Gasteiger partial charge in [0.2, 0.25) is 5.91 Å². The monoisotopic (exact) mass is 336 g/mol. The van der Waals surface area contributed by atoms with E-state index in [0.717, 1.165) is 16.7 Å². The Morgan fingerprint density at radius 3 is 2.56 bits per heavy atom. The summed E-state index contributed by atoms with van der Waals surface area (Å²) >= 11 is 0. The van der Waals surface area contributed by atoms with Crippen LogP contribution in [-0.2, 0) is 22.5 Å². The molecule has 5 heteroatoms. The summed E-state index contributed by atoms with van der Waals surface area (Å²) in [5.41, 5.74) is 3.34. The number of carbonyl (C=O) groups excluding carboxylic acids is 2. The van der Waals surface area contributed by atoms with E-state index in [0.29, 0.717) is 19.5 Å². The van der Waals surface area contributed by atoms with Crippen LogP contribution >= 0.6 is 0 Å². The van der Waals surface area contributed by atoms with Crippen molar-refractivity contribution in [2.75, 3.05) is 13.7 Å². The van der Waals surface area contributed by atoms with Gasteiger partial charge in [-0.15, -0.1) is 0 Å². The number of fused-ring (bicyclic) bond motifs is 4. The molecule has 2 amide bonds. The molecule has 2 heterocycles. The third-order valence-electron chi connectivity index (χ3n) is 5.09. The molecule has 128 valence electrons. The second-order valence-corrected chi connectivity index (χ2v) is 6.52. The van der Waals surface area contributed by atoms with Gasteiger partial charge < -0.3 is 9.64 Å². The molecule has 0 spiro atoms. The fraction of sp³-hybridized carbons (Fsp3) is 0.300. The third-order valence-corrected chi connectivity index (χ3v) is 5.09. The highest BCUT2D eigenvalue weighted by molar-refractivity contribution is 5.88. The summed E-state index contributed by atoms with van der Waals surface area (Å²) in [6.45, 7) is 1.04. The Labute approximate surface area is 146 Å². The van der Waals surface area contributed by atoms with Gasteiger partial charge in [0.1, 0.15) is 6.04 Å². The molecule has 2 atom stereocenters. The largest absolute Gasteiger partial charge is 0.453 e. The second kappa shape index (κ2) is 6.24. The zero-order valence-corrected chi connectivity index (χ0v) is 14.1. The molecule has 2 bridgehead atoms. The number of methoxy groups -OCH3 is 1. The van der Waals surface area contributed by atoms with Crippen molar-refractivity contribution >= 4 is 12.0 Å². The number of hydrogen-bond acceptors (Lipinski definition) is 3. The molecule has 0 radical (unpaired) electrons. The van der Waals surface area contributed by atoms with Gasteiger partial charge in [0.15, 0.2) is 0 Å². The van der Waals surface area contributed by atoms with E-state index in [1.54, 1.807) is 4.90 Å². The average molecular weight is 336 g/mol. The van der Waals surface area contributed by atoms with Crippen molar-refractivity contribution in [3.05, 3.63) is 71.3 Å². The van der Waals surface area contributed by atoms with Crippen LogP contribution in [0.4, 0.5) is 4.79 Å². The van der Waals surface area contributed by atoms with E-state index in [-0.39, 0.29) is 11.9 Å². The molecule has 1 saturated heterocycles. The molecule has 0 N–H and O–H groups in total. The highest BCUT2D eigenvalue weighted by Gasteiger charge is 2.47. The van der Waals surface area contributed by atoms with Crippen LogP contribution in [-0.4, -0.2) is 41.5 Å². The summed E-state index contributed by atoms with van der Waals surface area (Å²) in [6.07, 6.45) is 0.100. The van der Waals surface area contributed by atoms with Crippen LogP contribution in [0.3, 0.4) is 0 Å². The van der Waals surface area contributed by atoms with Crippen molar-refractivity contribution in [2.45, 2.75) is 25.0 Å². The predicted molar refractivity (Wildman–Crippen MR) is 92.8 cm³/mol. The lowest BCUT2D eigenvalue weighted by molar-refractivity contribution is -0.145. The van der Waals surface area contributed by atoms with E-state index >= 15 is 0 Å². The molecule has 5 nitrogen and oxygen atoms in total. The van der Waals surface area contributed by atoms with E-state index in [4.69, 9.17) is 4.74 Å². The Balaban J connectivity index is 1.70. The van der Waals surface area contributed by atoms with Crippen molar-refractivity contribution in [3.63, 3.8) is 0 Å². The highest BCUT2D eigenvalue weighted by Crippen LogP contribution is 2.38. The second-order valence-electron chi connectivity index (χ2n) is 6.52. The van der Waals surface area contributed by atoms with E-state index in [1.807, 2.05) is 59.5 Å². The van der Waals surface area contributed by atoms with Gasteiger partial charge in [0.05, 0.1) is 13.2 Å². The number of piperazine rings is 1. The summed E-state index contributed by atoms with van der Waals surface area (Å²) < 4.78 is 4.96. The first-order valence-electron chi connectivity index (χ1n) is 8.46. The maximum Gasteiger partial charge on any atom is 0.410 e. The molecule has 0 aliphatic carbocycles. The number of ether oxygens (including phenoxy) is 1. The number of carbonyl (C=O) groups is 2. The van der Waals surface area contributed by atoms with Crippen LogP contribution in [0, 0.1) is 0 Å². The fourth-order valence-electron chi connectivity index (χ4n) is 3.93. The standard InChI is InChI=1S/C20H20N2O3/c1-25-20(24)22-17-11-15-9-5-6-10-16(15)18(22)13-21(19(17)23)12-14-7-3-2-4-8-14/h2-10,17-18H,11-13H2,1H3/t17-,18+/m0/s1. The van der Waals surface area contributed by atoms with Gasteiger partial charge in [-0.25, -0.2) is 4.79 Å². The summed E-state index contributed by atoms with van der Waals surface area (Å²) in [6, 6.07) is 17.3. The highest BCUT2D eigenvalue weighted by atomic mass is 16.5. The first-order chi connectivity index (χ1) is 12.2. The molecule has 2 aliphatic heterocycles. The molecular weight excluding hydrogens is 316 g/mol. The Kier molecular flexibility index (Phi) is 3.92. The predicted octanol–water partition coefficient (Wildman–Crippen LogP) is 2.76. The van der Waals surface area contributed by atoms with Crippen molar-refractivity contribution in [1.82, 2.24) is 9.80 Å². The van der Waals surface area contributed by atoms with Gasteiger partial charge in [-0.05, 0) is 16.7 Å². The number of rotatable bonds is 2. The van der Waals surface area contributed by atoms with Crippen LogP contribution in [0.5, 0.6) is 0 Å². The van der Waals surface area contributed by atoms with Crippen LogP contribution in [0.25, 0.3) is 0 Å². The minimum atomic E-state index is -0.496. The number of amides is 2. The lowest BCUT2D eigenvalue weighted by atomic mass is 9.85. The van der Waals surface area contributed by atoms with Crippen molar-refractivity contribution < 1.29 is 14.3 Å². The van der Waals surface area contributed by atoms with Gasteiger partial charge in [-0.3, -0.25) is 9.69 Å². The quantitative estimate of drug-likeness (QED) is 0.847. The summed E-state index contributed by atoms with van der Waals surface area (Å²) in [4.78, 5) is 28.9. The number of benzene rings is 2. The van der Waals surface area contributed by atoms with Crippen molar-refractivity contribution in [2.24, 2.45) is 0 Å². The number of hydrogen-bond donors (Lipinski definition) is 0. The van der Waals surface area contributed by atoms with Gasteiger partial charge in [-0.1, -0.05) is 54.6 Å². The zero-order chi connectivity index (χ0) is 17.4. The Hall–Kier alpha value is -2.82. The third kappa shape index (κ3) is 2.65. The lowest BCUT2D eigenvalue weighted by Gasteiger charge is -2.49. The van der Waals surface area contributed by atoms with Gasteiger partial charge in [-0.2, -0.15) is 0 Å². The van der Waals surface area contributed by atoms with Crippen LogP contribution in [0.15, 0.2) is 54.6 Å². The Morgan fingerprint density at radius 2 is 1.80 bits per heavy atom. The van der Waals surface area contributed by atoms with Crippen LogP contribution in [0.2, 0.25) is 0 Å². The van der Waals surface area contributed by atoms with Gasteiger partial charge >= 0.3 is 6.09 Å². The fourth-order valence-corrected chi connectivity index (χ4v) is 3.93. The average Bonchev–Trinajstić information content (AvgIpc) is 2.65. The normalized spacial score (nSPS) is 21.7. The van der Waals surface area contributed by atoms with E-state index in [9.17, 15) is 9.59 Å². The van der Waals surface area contributed by atoms with Crippen LogP contribution < -0.4 is 0 Å². The molecule has 2 aromatic carbocycles. The van der Waals surface area contributed by atoms with E-state index in [1.165, 1.54) is 7.11 Å². The van der Waals surface area contributed by atoms with Gasteiger partial charge in [0.25, 0.3) is 0 Å². The van der Waals surface area contributed by atoms with Crippen LogP contribution in [0.1, 0.15) is 22.7 Å². The molecule has 1 fully saturated rings. The molecular formula is C20H20N2O3. The summed E-state index contributed by atoms with van der Waals surface area (Å²) in [5, 5.41) is 0. The first-order valence-corrected chi connectivity index (χ1v) is 8.46. The van der Waals surface area contributed by atoms with E-state index in [2.05, 4.69) is 0 Å². The molecule has 0 aromatic heterocycles. The zero-order valence-electron chi connectivity index (χ0n) is 14.1. The molecule has 0 unspecified atom stereocenters. The lowest BCUT2D eigenvalue weighted by Crippen LogP contribution is -2.62. The Morgan fingerprint density at radius 1 is 1.08 bits per heavy atom. The molecule has 25 heavy (non-hydrogen) atoms. The summed E-state index contributed by atoms with van der Waals surface area (Å²) in [5.74, 6) is -0.0139. The molecule has 0 saturated carbocycles.